The second-order valence-corrected chi connectivity index (χ2v) is 11.0. The Morgan fingerprint density at radius 3 is 2.58 bits per heavy atom. The SMILES string of the molecule is O=C(Nc1ccc(CN2CCCCC2)nc1)c1n[nH]c2ccc(-c3cncc(Pc4ccccc4)c3)cc12. The van der Waals surface area contributed by atoms with Crippen molar-refractivity contribution in [2.45, 2.75) is 25.8 Å². The van der Waals surface area contributed by atoms with E-state index in [0.717, 1.165) is 52.7 Å². The molecule has 1 amide bonds. The predicted molar refractivity (Wildman–Crippen MR) is 155 cm³/mol. The Morgan fingerprint density at radius 2 is 1.76 bits per heavy atom. The molecule has 190 valence electrons. The van der Waals surface area contributed by atoms with Gasteiger partial charge < -0.3 is 5.32 Å². The van der Waals surface area contributed by atoms with Gasteiger partial charge in [0.2, 0.25) is 0 Å². The van der Waals surface area contributed by atoms with Gasteiger partial charge in [-0.2, -0.15) is 5.10 Å². The molecular formula is C30H29N6OP. The first-order valence-electron chi connectivity index (χ1n) is 13.0. The molecule has 1 fully saturated rings. The van der Waals surface area contributed by atoms with Crippen LogP contribution < -0.4 is 15.9 Å². The molecule has 0 saturated carbocycles. The Bertz CT molecular complexity index is 1540. The number of H-pyrrole nitrogens is 1. The van der Waals surface area contributed by atoms with Crippen molar-refractivity contribution in [3.05, 3.63) is 96.7 Å². The molecule has 0 spiro atoms. The highest BCUT2D eigenvalue weighted by atomic mass is 31.1. The number of carbonyl (C=O) groups excluding carboxylic acids is 1. The monoisotopic (exact) mass is 520 g/mol. The quantitative estimate of drug-likeness (QED) is 0.299. The lowest BCUT2D eigenvalue weighted by Crippen LogP contribution is -2.29. The minimum absolute atomic E-state index is 0.267. The number of likely N-dealkylation sites (tertiary alicyclic amines) is 1. The zero-order valence-corrected chi connectivity index (χ0v) is 22.0. The van der Waals surface area contributed by atoms with Crippen LogP contribution in [0.25, 0.3) is 22.0 Å². The van der Waals surface area contributed by atoms with E-state index in [4.69, 9.17) is 0 Å². The van der Waals surface area contributed by atoms with Crippen molar-refractivity contribution in [2.24, 2.45) is 0 Å². The summed E-state index contributed by atoms with van der Waals surface area (Å²) in [6.45, 7) is 3.10. The van der Waals surface area contributed by atoms with E-state index >= 15 is 0 Å². The van der Waals surface area contributed by atoms with E-state index in [-0.39, 0.29) is 5.91 Å². The zero-order valence-electron chi connectivity index (χ0n) is 21.0. The largest absolute Gasteiger partial charge is 0.319 e. The van der Waals surface area contributed by atoms with Crippen molar-refractivity contribution in [3.63, 3.8) is 0 Å². The molecule has 0 radical (unpaired) electrons. The number of pyridine rings is 2. The van der Waals surface area contributed by atoms with Crippen molar-refractivity contribution in [2.75, 3.05) is 18.4 Å². The highest BCUT2D eigenvalue weighted by Crippen LogP contribution is 2.26. The van der Waals surface area contributed by atoms with Crippen LogP contribution in [-0.2, 0) is 6.54 Å². The first kappa shape index (κ1) is 24.4. The Morgan fingerprint density at radius 1 is 0.895 bits per heavy atom. The number of hydrogen-bond donors (Lipinski definition) is 2. The number of nitrogens with zero attached hydrogens (tertiary/aromatic N) is 4. The number of aromatic amines is 1. The molecule has 7 nitrogen and oxygen atoms in total. The summed E-state index contributed by atoms with van der Waals surface area (Å²) in [6.07, 6.45) is 9.32. The van der Waals surface area contributed by atoms with E-state index in [1.54, 1.807) is 6.20 Å². The number of benzene rings is 2. The number of piperidine rings is 1. The van der Waals surface area contributed by atoms with E-state index in [1.807, 2.05) is 48.8 Å². The van der Waals surface area contributed by atoms with Gasteiger partial charge in [-0.25, -0.2) is 0 Å². The van der Waals surface area contributed by atoms with Gasteiger partial charge in [0.25, 0.3) is 5.91 Å². The van der Waals surface area contributed by atoms with Gasteiger partial charge >= 0.3 is 0 Å². The molecule has 1 aliphatic rings. The summed E-state index contributed by atoms with van der Waals surface area (Å²) in [6, 6.07) is 22.4. The molecule has 2 aromatic carbocycles. The number of nitrogens with one attached hydrogen (secondary N) is 2. The lowest BCUT2D eigenvalue weighted by molar-refractivity contribution is 0.102. The Kier molecular flexibility index (Phi) is 7.20. The molecule has 6 rings (SSSR count). The highest BCUT2D eigenvalue weighted by Gasteiger charge is 2.16. The van der Waals surface area contributed by atoms with Crippen LogP contribution in [-0.4, -0.2) is 44.1 Å². The topological polar surface area (TPSA) is 86.8 Å². The van der Waals surface area contributed by atoms with Crippen molar-refractivity contribution in [1.29, 1.82) is 0 Å². The highest BCUT2D eigenvalue weighted by molar-refractivity contribution is 7.55. The maximum absolute atomic E-state index is 13.2. The van der Waals surface area contributed by atoms with Gasteiger partial charge in [0.15, 0.2) is 5.69 Å². The Hall–Kier alpha value is -3.93. The summed E-state index contributed by atoms with van der Waals surface area (Å²) in [5.74, 6) is -0.267. The molecule has 1 unspecified atom stereocenters. The summed E-state index contributed by atoms with van der Waals surface area (Å²) in [7, 11) is 0.529. The number of amides is 1. The lowest BCUT2D eigenvalue weighted by atomic mass is 10.0. The van der Waals surface area contributed by atoms with E-state index in [1.165, 1.54) is 24.6 Å². The van der Waals surface area contributed by atoms with Gasteiger partial charge in [0.1, 0.15) is 0 Å². The van der Waals surface area contributed by atoms with Crippen LogP contribution in [0, 0.1) is 0 Å². The summed E-state index contributed by atoms with van der Waals surface area (Å²) in [5.41, 5.74) is 4.84. The van der Waals surface area contributed by atoms with Crippen molar-refractivity contribution < 1.29 is 4.79 Å². The van der Waals surface area contributed by atoms with Crippen LogP contribution in [0.3, 0.4) is 0 Å². The maximum Gasteiger partial charge on any atom is 0.276 e. The molecular weight excluding hydrogens is 491 g/mol. The van der Waals surface area contributed by atoms with Crippen molar-refractivity contribution in [1.82, 2.24) is 25.1 Å². The minimum Gasteiger partial charge on any atom is -0.319 e. The Balaban J connectivity index is 1.18. The molecule has 38 heavy (non-hydrogen) atoms. The Labute approximate surface area is 223 Å². The van der Waals surface area contributed by atoms with Crippen LogP contribution in [0.5, 0.6) is 0 Å². The number of carbonyl (C=O) groups is 1. The fourth-order valence-electron chi connectivity index (χ4n) is 4.85. The molecule has 1 saturated heterocycles. The number of rotatable bonds is 7. The van der Waals surface area contributed by atoms with Gasteiger partial charge in [0, 0.05) is 29.9 Å². The van der Waals surface area contributed by atoms with Gasteiger partial charge in [0.05, 0.1) is 23.1 Å². The molecule has 3 aromatic heterocycles. The third-order valence-corrected chi connectivity index (χ3v) is 8.01. The smallest absolute Gasteiger partial charge is 0.276 e. The molecule has 4 heterocycles. The molecule has 1 atom stereocenters. The van der Waals surface area contributed by atoms with Crippen LogP contribution >= 0.6 is 8.58 Å². The lowest BCUT2D eigenvalue weighted by Gasteiger charge is -2.25. The summed E-state index contributed by atoms with van der Waals surface area (Å²) < 4.78 is 0. The van der Waals surface area contributed by atoms with Gasteiger partial charge in [-0.3, -0.25) is 24.8 Å². The van der Waals surface area contributed by atoms with Crippen LogP contribution in [0.1, 0.15) is 35.4 Å². The van der Waals surface area contributed by atoms with Crippen LogP contribution in [0.15, 0.2) is 85.3 Å². The van der Waals surface area contributed by atoms with E-state index in [2.05, 4.69) is 60.7 Å². The molecule has 5 aromatic rings. The van der Waals surface area contributed by atoms with Gasteiger partial charge in [-0.05, 0) is 72.4 Å². The van der Waals surface area contributed by atoms with Crippen molar-refractivity contribution >= 4 is 41.7 Å². The fraction of sp³-hybridized carbons (Fsp3) is 0.200. The second kappa shape index (κ2) is 11.2. The predicted octanol–water partition coefficient (Wildman–Crippen LogP) is 4.89. The van der Waals surface area contributed by atoms with E-state index < -0.39 is 0 Å². The third-order valence-electron chi connectivity index (χ3n) is 6.83. The number of fused-ring (bicyclic) bond motifs is 1. The second-order valence-electron chi connectivity index (χ2n) is 9.62. The fourth-order valence-corrected chi connectivity index (χ4v) is 5.91. The normalized spacial score (nSPS) is 14.3. The van der Waals surface area contributed by atoms with Gasteiger partial charge in [-0.15, -0.1) is 0 Å². The first-order chi connectivity index (χ1) is 18.7. The first-order valence-corrected chi connectivity index (χ1v) is 14.0. The molecule has 1 aliphatic heterocycles. The molecule has 8 heteroatoms. The average molecular weight is 521 g/mol. The number of anilines is 1. The third kappa shape index (κ3) is 5.64. The number of hydrogen-bond acceptors (Lipinski definition) is 5. The van der Waals surface area contributed by atoms with Crippen LogP contribution in [0.4, 0.5) is 5.69 Å². The average Bonchev–Trinajstić information content (AvgIpc) is 3.39. The van der Waals surface area contributed by atoms with Crippen molar-refractivity contribution in [3.8, 4) is 11.1 Å². The van der Waals surface area contributed by atoms with Crippen LogP contribution in [0.2, 0.25) is 0 Å². The van der Waals surface area contributed by atoms with E-state index in [9.17, 15) is 4.79 Å². The summed E-state index contributed by atoms with van der Waals surface area (Å²) >= 11 is 0. The molecule has 0 bridgehead atoms. The zero-order chi connectivity index (χ0) is 25.7. The molecule has 2 N–H and O–H groups in total. The maximum atomic E-state index is 13.2. The summed E-state index contributed by atoms with van der Waals surface area (Å²) in [5, 5.41) is 13.5. The van der Waals surface area contributed by atoms with E-state index in [0.29, 0.717) is 20.0 Å². The summed E-state index contributed by atoms with van der Waals surface area (Å²) in [4.78, 5) is 24.6. The standard InChI is InChI=1S/C30H29N6OP/c37-30(33-23-10-11-24(32-18-23)20-36-13-5-2-6-14-36)29-27-16-21(9-12-28(27)34-35-29)22-15-26(19-31-17-22)38-25-7-3-1-4-8-25/h1,3-4,7-12,15-19,38H,2,5-6,13-14,20H2,(H,33,37)(H,34,35). The molecule has 0 aliphatic carbocycles. The minimum atomic E-state index is -0.267. The number of aromatic nitrogens is 4. The van der Waals surface area contributed by atoms with Gasteiger partial charge in [-0.1, -0.05) is 51.4 Å².